The van der Waals surface area contributed by atoms with Crippen LogP contribution in [0, 0.1) is 11.6 Å². The van der Waals surface area contributed by atoms with E-state index in [4.69, 9.17) is 0 Å². The first-order valence-electron chi connectivity index (χ1n) is 7.69. The Bertz CT molecular complexity index is 517. The molecule has 4 nitrogen and oxygen atoms in total. The number of urea groups is 1. The zero-order valence-electron chi connectivity index (χ0n) is 12.6. The molecule has 122 valence electrons. The van der Waals surface area contributed by atoms with Crippen molar-refractivity contribution in [3.05, 3.63) is 35.4 Å². The monoisotopic (exact) mass is 312 g/mol. The molecule has 1 aliphatic carbocycles. The highest BCUT2D eigenvalue weighted by Gasteiger charge is 2.22. The molecule has 0 aromatic heterocycles. The number of carbonyl (C=O) groups excluding carboxylic acids is 1. The smallest absolute Gasteiger partial charge is 0.315 e. The maximum absolute atomic E-state index is 13.8. The van der Waals surface area contributed by atoms with Gasteiger partial charge in [-0.1, -0.05) is 13.0 Å². The molecule has 1 aromatic carbocycles. The molecular formula is C16H22F2N2O2. The van der Waals surface area contributed by atoms with Gasteiger partial charge in [0, 0.05) is 17.7 Å². The summed E-state index contributed by atoms with van der Waals surface area (Å²) in [6, 6.07) is 2.52. The van der Waals surface area contributed by atoms with Crippen LogP contribution in [0.5, 0.6) is 0 Å². The number of nitrogens with one attached hydrogen (secondary N) is 2. The molecule has 1 atom stereocenters. The Labute approximate surface area is 128 Å². The van der Waals surface area contributed by atoms with E-state index in [1.54, 1.807) is 0 Å². The lowest BCUT2D eigenvalue weighted by Gasteiger charge is -2.27. The number of hydrogen-bond donors (Lipinski definition) is 3. The SMILES string of the molecule is CCC(NC(=O)NC1CCC(O)CC1)c1ccc(F)cc1F. The predicted octanol–water partition coefficient (Wildman–Crippen LogP) is 3.02. The van der Waals surface area contributed by atoms with E-state index in [1.807, 2.05) is 6.92 Å². The van der Waals surface area contributed by atoms with Crippen molar-refractivity contribution in [2.45, 2.75) is 57.2 Å². The second-order valence-electron chi connectivity index (χ2n) is 5.75. The average molecular weight is 312 g/mol. The Morgan fingerprint density at radius 1 is 1.32 bits per heavy atom. The molecule has 2 rings (SSSR count). The molecule has 0 spiro atoms. The molecule has 1 aliphatic rings. The van der Waals surface area contributed by atoms with Gasteiger partial charge in [-0.3, -0.25) is 0 Å². The highest BCUT2D eigenvalue weighted by atomic mass is 19.1. The van der Waals surface area contributed by atoms with E-state index in [1.165, 1.54) is 12.1 Å². The molecular weight excluding hydrogens is 290 g/mol. The maximum Gasteiger partial charge on any atom is 0.315 e. The Kier molecular flexibility index (Phi) is 5.71. The molecule has 0 saturated heterocycles. The van der Waals surface area contributed by atoms with Crippen LogP contribution in [0.2, 0.25) is 0 Å². The van der Waals surface area contributed by atoms with Crippen molar-refractivity contribution in [3.63, 3.8) is 0 Å². The minimum absolute atomic E-state index is 0.0268. The fourth-order valence-electron chi connectivity index (χ4n) is 2.79. The normalized spacial score (nSPS) is 22.9. The van der Waals surface area contributed by atoms with Crippen molar-refractivity contribution in [1.29, 1.82) is 0 Å². The number of hydrogen-bond acceptors (Lipinski definition) is 2. The van der Waals surface area contributed by atoms with E-state index in [2.05, 4.69) is 10.6 Å². The molecule has 1 unspecified atom stereocenters. The largest absolute Gasteiger partial charge is 0.393 e. The summed E-state index contributed by atoms with van der Waals surface area (Å²) in [5.74, 6) is -1.30. The van der Waals surface area contributed by atoms with E-state index in [9.17, 15) is 18.7 Å². The van der Waals surface area contributed by atoms with Crippen molar-refractivity contribution in [2.24, 2.45) is 0 Å². The van der Waals surface area contributed by atoms with Gasteiger partial charge in [0.2, 0.25) is 0 Å². The first kappa shape index (κ1) is 16.7. The molecule has 2 amide bonds. The highest BCUT2D eigenvalue weighted by Crippen LogP contribution is 2.21. The summed E-state index contributed by atoms with van der Waals surface area (Å²) in [6.07, 6.45) is 3.04. The molecule has 22 heavy (non-hydrogen) atoms. The first-order chi connectivity index (χ1) is 10.5. The van der Waals surface area contributed by atoms with Crippen LogP contribution in [0.25, 0.3) is 0 Å². The Morgan fingerprint density at radius 3 is 2.59 bits per heavy atom. The molecule has 1 aromatic rings. The molecule has 0 bridgehead atoms. The third-order valence-corrected chi connectivity index (χ3v) is 4.08. The number of benzene rings is 1. The maximum atomic E-state index is 13.8. The van der Waals surface area contributed by atoms with Gasteiger partial charge in [0.15, 0.2) is 0 Å². The van der Waals surface area contributed by atoms with Crippen LogP contribution in [0.4, 0.5) is 13.6 Å². The van der Waals surface area contributed by atoms with Gasteiger partial charge >= 0.3 is 6.03 Å². The van der Waals surface area contributed by atoms with Gasteiger partial charge in [-0.25, -0.2) is 13.6 Å². The van der Waals surface area contributed by atoms with Crippen molar-refractivity contribution in [3.8, 4) is 0 Å². The Hall–Kier alpha value is -1.69. The Balaban J connectivity index is 1.93. The third kappa shape index (κ3) is 4.40. The van der Waals surface area contributed by atoms with Gasteiger partial charge in [-0.2, -0.15) is 0 Å². The predicted molar refractivity (Wildman–Crippen MR) is 79.3 cm³/mol. The lowest BCUT2D eigenvalue weighted by molar-refractivity contribution is 0.117. The number of amides is 2. The van der Waals surface area contributed by atoms with Gasteiger partial charge in [0.25, 0.3) is 0 Å². The molecule has 0 aliphatic heterocycles. The third-order valence-electron chi connectivity index (χ3n) is 4.08. The van der Waals surface area contributed by atoms with Crippen molar-refractivity contribution in [2.75, 3.05) is 0 Å². The minimum atomic E-state index is -0.659. The lowest BCUT2D eigenvalue weighted by Crippen LogP contribution is -2.45. The zero-order chi connectivity index (χ0) is 16.1. The van der Waals surface area contributed by atoms with Gasteiger partial charge in [-0.05, 0) is 38.2 Å². The van der Waals surface area contributed by atoms with E-state index in [-0.39, 0.29) is 23.7 Å². The van der Waals surface area contributed by atoms with Crippen LogP contribution in [-0.4, -0.2) is 23.3 Å². The second kappa shape index (κ2) is 7.54. The standard InChI is InChI=1S/C16H22F2N2O2/c1-2-15(13-8-3-10(17)9-14(13)18)20-16(22)19-11-4-6-12(21)7-5-11/h3,8-9,11-12,15,21H,2,4-7H2,1H3,(H2,19,20,22). The number of halogens is 2. The molecule has 1 fully saturated rings. The van der Waals surface area contributed by atoms with Crippen LogP contribution in [-0.2, 0) is 0 Å². The summed E-state index contributed by atoms with van der Waals surface area (Å²) >= 11 is 0. The topological polar surface area (TPSA) is 61.4 Å². The van der Waals surface area contributed by atoms with Crippen LogP contribution in [0.3, 0.4) is 0 Å². The minimum Gasteiger partial charge on any atom is -0.393 e. The zero-order valence-corrected chi connectivity index (χ0v) is 12.6. The summed E-state index contributed by atoms with van der Waals surface area (Å²) in [5.41, 5.74) is 0.276. The molecule has 6 heteroatoms. The van der Waals surface area contributed by atoms with E-state index >= 15 is 0 Å². The Morgan fingerprint density at radius 2 is 2.00 bits per heavy atom. The summed E-state index contributed by atoms with van der Waals surface area (Å²) in [6.45, 7) is 1.82. The van der Waals surface area contributed by atoms with Gasteiger partial charge in [0.05, 0.1) is 12.1 Å². The van der Waals surface area contributed by atoms with Crippen LogP contribution in [0.15, 0.2) is 18.2 Å². The van der Waals surface area contributed by atoms with E-state index < -0.39 is 17.7 Å². The summed E-state index contributed by atoms with van der Waals surface area (Å²) in [4.78, 5) is 12.0. The number of aliphatic hydroxyl groups excluding tert-OH is 1. The van der Waals surface area contributed by atoms with Crippen molar-refractivity contribution in [1.82, 2.24) is 10.6 Å². The van der Waals surface area contributed by atoms with Gasteiger partial charge < -0.3 is 15.7 Å². The van der Waals surface area contributed by atoms with E-state index in [0.717, 1.165) is 18.9 Å². The fourth-order valence-corrected chi connectivity index (χ4v) is 2.79. The molecule has 1 saturated carbocycles. The molecule has 0 heterocycles. The number of aliphatic hydroxyl groups is 1. The summed E-state index contributed by atoms with van der Waals surface area (Å²) in [5, 5.41) is 15.0. The van der Waals surface area contributed by atoms with Gasteiger partial charge in [0.1, 0.15) is 11.6 Å². The van der Waals surface area contributed by atoms with Crippen LogP contribution in [0.1, 0.15) is 50.6 Å². The number of carbonyl (C=O) groups is 1. The van der Waals surface area contributed by atoms with Gasteiger partial charge in [-0.15, -0.1) is 0 Å². The molecule has 3 N–H and O–H groups in total. The second-order valence-corrected chi connectivity index (χ2v) is 5.75. The van der Waals surface area contributed by atoms with Crippen LogP contribution >= 0.6 is 0 Å². The molecule has 0 radical (unpaired) electrons. The lowest BCUT2D eigenvalue weighted by atomic mass is 9.93. The summed E-state index contributed by atoms with van der Waals surface area (Å²) < 4.78 is 26.8. The van der Waals surface area contributed by atoms with Crippen LogP contribution < -0.4 is 10.6 Å². The van der Waals surface area contributed by atoms with E-state index in [0.29, 0.717) is 19.3 Å². The van der Waals surface area contributed by atoms with Crippen molar-refractivity contribution >= 4 is 6.03 Å². The van der Waals surface area contributed by atoms with Crippen molar-refractivity contribution < 1.29 is 18.7 Å². The fraction of sp³-hybridized carbons (Fsp3) is 0.562. The quantitative estimate of drug-likeness (QED) is 0.800. The average Bonchev–Trinajstić information content (AvgIpc) is 2.48. The summed E-state index contributed by atoms with van der Waals surface area (Å²) in [7, 11) is 0. The first-order valence-corrected chi connectivity index (χ1v) is 7.69. The number of rotatable bonds is 4. The highest BCUT2D eigenvalue weighted by molar-refractivity contribution is 5.74.